The molecule has 106 valence electrons. The van der Waals surface area contributed by atoms with Gasteiger partial charge < -0.3 is 5.11 Å². The number of benzene rings is 2. The van der Waals surface area contributed by atoms with Crippen LogP contribution in [0.25, 0.3) is 0 Å². The molecule has 0 saturated carbocycles. The topological polar surface area (TPSA) is 23.5 Å². The highest BCUT2D eigenvalue weighted by atomic mass is 16.3. The summed E-state index contributed by atoms with van der Waals surface area (Å²) in [5.74, 6) is 0. The van der Waals surface area contributed by atoms with Gasteiger partial charge in [0.05, 0.1) is 6.61 Å². The van der Waals surface area contributed by atoms with Crippen LogP contribution in [0.3, 0.4) is 0 Å². The molecule has 20 heavy (non-hydrogen) atoms. The molecule has 2 nitrogen and oxygen atoms in total. The standard InChI is InChI=1S/C18H23NO/c1-16-6-5-9-17(14-16)10-11-19(12-13-20)15-18-7-3-2-4-8-18/h2-9,14,20H,10-13,15H2,1H3. The fourth-order valence-corrected chi connectivity index (χ4v) is 2.41. The van der Waals surface area contributed by atoms with E-state index in [1.54, 1.807) is 0 Å². The summed E-state index contributed by atoms with van der Waals surface area (Å²) in [6, 6.07) is 19.1. The Bertz CT molecular complexity index is 510. The smallest absolute Gasteiger partial charge is 0.0558 e. The summed E-state index contributed by atoms with van der Waals surface area (Å²) in [5, 5.41) is 9.21. The van der Waals surface area contributed by atoms with Crippen LogP contribution in [0.2, 0.25) is 0 Å². The first-order valence-corrected chi connectivity index (χ1v) is 7.20. The predicted octanol–water partition coefficient (Wildman–Crippen LogP) is 3.03. The highest BCUT2D eigenvalue weighted by Crippen LogP contribution is 2.08. The molecule has 0 bridgehead atoms. The van der Waals surface area contributed by atoms with Crippen LogP contribution in [0, 0.1) is 6.92 Å². The third-order valence-electron chi connectivity index (χ3n) is 3.46. The van der Waals surface area contributed by atoms with Crippen LogP contribution >= 0.6 is 0 Å². The number of nitrogens with zero attached hydrogens (tertiary/aromatic N) is 1. The fraction of sp³-hybridized carbons (Fsp3) is 0.333. The molecule has 0 unspecified atom stereocenters. The Labute approximate surface area is 121 Å². The van der Waals surface area contributed by atoms with Crippen molar-refractivity contribution in [1.29, 1.82) is 0 Å². The van der Waals surface area contributed by atoms with Gasteiger partial charge in [-0.25, -0.2) is 0 Å². The average Bonchev–Trinajstić information content (AvgIpc) is 2.46. The van der Waals surface area contributed by atoms with E-state index in [1.807, 2.05) is 6.07 Å². The zero-order chi connectivity index (χ0) is 14.2. The molecule has 2 heteroatoms. The first kappa shape index (κ1) is 14.8. The van der Waals surface area contributed by atoms with Gasteiger partial charge in [-0.1, -0.05) is 60.2 Å². The van der Waals surface area contributed by atoms with Crippen LogP contribution in [0.1, 0.15) is 16.7 Å². The molecule has 2 aromatic carbocycles. The largest absolute Gasteiger partial charge is 0.395 e. The molecule has 0 heterocycles. The Kier molecular flexibility index (Phi) is 5.78. The van der Waals surface area contributed by atoms with Crippen LogP contribution in [0.15, 0.2) is 54.6 Å². The quantitative estimate of drug-likeness (QED) is 0.835. The summed E-state index contributed by atoms with van der Waals surface area (Å²) < 4.78 is 0. The van der Waals surface area contributed by atoms with Crippen LogP contribution in [-0.2, 0) is 13.0 Å². The van der Waals surface area contributed by atoms with Crippen LogP contribution in [-0.4, -0.2) is 29.7 Å². The van der Waals surface area contributed by atoms with Crippen molar-refractivity contribution in [2.24, 2.45) is 0 Å². The van der Waals surface area contributed by atoms with Gasteiger partial charge in [0.25, 0.3) is 0 Å². The lowest BCUT2D eigenvalue weighted by molar-refractivity contribution is 0.191. The molecule has 0 aliphatic carbocycles. The van der Waals surface area contributed by atoms with Crippen LogP contribution in [0.4, 0.5) is 0 Å². The molecule has 0 saturated heterocycles. The van der Waals surface area contributed by atoms with E-state index < -0.39 is 0 Å². The minimum Gasteiger partial charge on any atom is -0.395 e. The van der Waals surface area contributed by atoms with Crippen molar-refractivity contribution >= 4 is 0 Å². The molecule has 0 atom stereocenters. The lowest BCUT2D eigenvalue weighted by Crippen LogP contribution is -2.28. The number of hydrogen-bond acceptors (Lipinski definition) is 2. The maximum absolute atomic E-state index is 9.21. The SMILES string of the molecule is Cc1cccc(CCN(CCO)Cc2ccccc2)c1. The van der Waals surface area contributed by atoms with E-state index >= 15 is 0 Å². The molecule has 2 aromatic rings. The van der Waals surface area contributed by atoms with Gasteiger partial charge >= 0.3 is 0 Å². The number of rotatable bonds is 7. The zero-order valence-electron chi connectivity index (χ0n) is 12.1. The Morgan fingerprint density at radius 1 is 0.900 bits per heavy atom. The third kappa shape index (κ3) is 4.80. The number of aryl methyl sites for hydroxylation is 1. The lowest BCUT2D eigenvalue weighted by atomic mass is 10.1. The summed E-state index contributed by atoms with van der Waals surface area (Å²) in [4.78, 5) is 2.30. The zero-order valence-corrected chi connectivity index (χ0v) is 12.1. The summed E-state index contributed by atoms with van der Waals surface area (Å²) in [5.41, 5.74) is 3.96. The van der Waals surface area contributed by atoms with Crippen LogP contribution in [0.5, 0.6) is 0 Å². The van der Waals surface area contributed by atoms with Crippen molar-refractivity contribution in [2.45, 2.75) is 19.9 Å². The highest BCUT2D eigenvalue weighted by Gasteiger charge is 2.05. The Hall–Kier alpha value is -1.64. The molecule has 0 fully saturated rings. The van der Waals surface area contributed by atoms with Crippen molar-refractivity contribution in [3.63, 3.8) is 0 Å². The van der Waals surface area contributed by atoms with E-state index in [0.29, 0.717) is 0 Å². The Morgan fingerprint density at radius 3 is 2.35 bits per heavy atom. The van der Waals surface area contributed by atoms with E-state index in [0.717, 1.165) is 26.1 Å². The van der Waals surface area contributed by atoms with E-state index in [-0.39, 0.29) is 6.61 Å². The van der Waals surface area contributed by atoms with Gasteiger partial charge in [-0.05, 0) is 24.5 Å². The molecule has 0 aliphatic rings. The molecule has 0 aliphatic heterocycles. The first-order valence-electron chi connectivity index (χ1n) is 7.20. The highest BCUT2D eigenvalue weighted by molar-refractivity contribution is 5.22. The molecular weight excluding hydrogens is 246 g/mol. The summed E-state index contributed by atoms with van der Waals surface area (Å²) in [6.45, 7) is 4.92. The van der Waals surface area contributed by atoms with E-state index in [2.05, 4.69) is 60.4 Å². The van der Waals surface area contributed by atoms with Gasteiger partial charge in [0.1, 0.15) is 0 Å². The maximum atomic E-state index is 9.21. The fourth-order valence-electron chi connectivity index (χ4n) is 2.41. The van der Waals surface area contributed by atoms with E-state index in [1.165, 1.54) is 16.7 Å². The van der Waals surface area contributed by atoms with Gasteiger partial charge in [0, 0.05) is 19.6 Å². The molecule has 2 rings (SSSR count). The second kappa shape index (κ2) is 7.83. The number of hydrogen-bond donors (Lipinski definition) is 1. The van der Waals surface area contributed by atoms with Gasteiger partial charge in [0.15, 0.2) is 0 Å². The molecular formula is C18H23NO. The van der Waals surface area contributed by atoms with Crippen molar-refractivity contribution < 1.29 is 5.11 Å². The Morgan fingerprint density at radius 2 is 1.65 bits per heavy atom. The normalized spacial score (nSPS) is 10.9. The molecule has 1 N–H and O–H groups in total. The van der Waals surface area contributed by atoms with Crippen molar-refractivity contribution in [1.82, 2.24) is 4.90 Å². The third-order valence-corrected chi connectivity index (χ3v) is 3.46. The molecule has 0 spiro atoms. The number of aliphatic hydroxyl groups excluding tert-OH is 1. The van der Waals surface area contributed by atoms with Gasteiger partial charge in [0.2, 0.25) is 0 Å². The first-order chi connectivity index (χ1) is 9.78. The maximum Gasteiger partial charge on any atom is 0.0558 e. The molecule has 0 aromatic heterocycles. The lowest BCUT2D eigenvalue weighted by Gasteiger charge is -2.21. The minimum atomic E-state index is 0.209. The molecule has 0 amide bonds. The summed E-state index contributed by atoms with van der Waals surface area (Å²) >= 11 is 0. The Balaban J connectivity index is 1.92. The van der Waals surface area contributed by atoms with E-state index in [4.69, 9.17) is 0 Å². The van der Waals surface area contributed by atoms with E-state index in [9.17, 15) is 5.11 Å². The second-order valence-electron chi connectivity index (χ2n) is 5.22. The van der Waals surface area contributed by atoms with Crippen molar-refractivity contribution in [2.75, 3.05) is 19.7 Å². The monoisotopic (exact) mass is 269 g/mol. The minimum absolute atomic E-state index is 0.209. The van der Waals surface area contributed by atoms with Crippen molar-refractivity contribution in [3.05, 3.63) is 71.3 Å². The van der Waals surface area contributed by atoms with Gasteiger partial charge in [-0.2, -0.15) is 0 Å². The predicted molar refractivity (Wildman–Crippen MR) is 83.7 cm³/mol. The summed E-state index contributed by atoms with van der Waals surface area (Å²) in [7, 11) is 0. The second-order valence-corrected chi connectivity index (χ2v) is 5.22. The summed E-state index contributed by atoms with van der Waals surface area (Å²) in [6.07, 6.45) is 1.02. The number of aliphatic hydroxyl groups is 1. The average molecular weight is 269 g/mol. The van der Waals surface area contributed by atoms with Crippen molar-refractivity contribution in [3.8, 4) is 0 Å². The van der Waals surface area contributed by atoms with Gasteiger partial charge in [-0.15, -0.1) is 0 Å². The van der Waals surface area contributed by atoms with Crippen LogP contribution < -0.4 is 0 Å². The molecule has 0 radical (unpaired) electrons. The van der Waals surface area contributed by atoms with Gasteiger partial charge in [-0.3, -0.25) is 4.90 Å².